The summed E-state index contributed by atoms with van der Waals surface area (Å²) in [5, 5.41) is 4.18. The second kappa shape index (κ2) is 10.7. The van der Waals surface area contributed by atoms with Crippen LogP contribution < -0.4 is 10.1 Å². The molecule has 3 aromatic rings. The second-order valence-corrected chi connectivity index (χ2v) is 8.81. The highest BCUT2D eigenvalue weighted by Gasteiger charge is 2.24. The molecule has 1 aliphatic heterocycles. The van der Waals surface area contributed by atoms with Gasteiger partial charge in [0.05, 0.1) is 13.7 Å². The van der Waals surface area contributed by atoms with Crippen molar-refractivity contribution in [1.29, 1.82) is 0 Å². The summed E-state index contributed by atoms with van der Waals surface area (Å²) in [4.78, 5) is 32.6. The fourth-order valence-electron chi connectivity index (χ4n) is 4.82. The Labute approximate surface area is 201 Å². The van der Waals surface area contributed by atoms with Crippen molar-refractivity contribution in [3.05, 3.63) is 59.8 Å². The lowest BCUT2D eigenvalue weighted by molar-refractivity contribution is -0.117. The molecule has 1 aliphatic rings. The van der Waals surface area contributed by atoms with Gasteiger partial charge < -0.3 is 19.9 Å². The first-order valence-corrected chi connectivity index (χ1v) is 12.1. The fourth-order valence-corrected chi connectivity index (χ4v) is 4.82. The Balaban J connectivity index is 1.32. The van der Waals surface area contributed by atoms with Gasteiger partial charge in [-0.25, -0.2) is 0 Å². The van der Waals surface area contributed by atoms with Crippen molar-refractivity contribution in [1.82, 2.24) is 14.8 Å². The van der Waals surface area contributed by atoms with E-state index in [1.54, 1.807) is 24.1 Å². The number of aromatic nitrogens is 1. The number of H-pyrrole nitrogens is 1. The predicted octanol–water partition coefficient (Wildman–Crippen LogP) is 4.48. The van der Waals surface area contributed by atoms with E-state index in [1.165, 1.54) is 10.9 Å². The van der Waals surface area contributed by atoms with Crippen LogP contribution in [0.5, 0.6) is 5.75 Å². The third-order valence-corrected chi connectivity index (χ3v) is 6.76. The van der Waals surface area contributed by atoms with Gasteiger partial charge in [-0.2, -0.15) is 0 Å². The van der Waals surface area contributed by atoms with Crippen LogP contribution in [-0.4, -0.2) is 66.4 Å². The zero-order valence-electron chi connectivity index (χ0n) is 20.3. The Kier molecular flexibility index (Phi) is 7.53. The largest absolute Gasteiger partial charge is 0.497 e. The van der Waals surface area contributed by atoms with E-state index in [-0.39, 0.29) is 11.8 Å². The van der Waals surface area contributed by atoms with E-state index in [2.05, 4.69) is 33.5 Å². The topological polar surface area (TPSA) is 77.7 Å². The minimum atomic E-state index is -0.0530. The number of aromatic amines is 1. The van der Waals surface area contributed by atoms with Crippen LogP contribution in [0.15, 0.2) is 48.7 Å². The molecule has 0 atom stereocenters. The van der Waals surface area contributed by atoms with Gasteiger partial charge in [0.15, 0.2) is 0 Å². The molecule has 1 aromatic heterocycles. The minimum Gasteiger partial charge on any atom is -0.497 e. The minimum absolute atomic E-state index is 0.0157. The number of anilines is 1. The van der Waals surface area contributed by atoms with Crippen molar-refractivity contribution in [3.8, 4) is 5.75 Å². The van der Waals surface area contributed by atoms with Gasteiger partial charge in [-0.1, -0.05) is 6.07 Å². The summed E-state index contributed by atoms with van der Waals surface area (Å²) in [6.07, 6.45) is 4.13. The van der Waals surface area contributed by atoms with E-state index in [1.807, 2.05) is 32.0 Å². The molecule has 0 aliphatic carbocycles. The molecule has 2 N–H and O–H groups in total. The molecule has 0 bridgehead atoms. The number of benzene rings is 2. The summed E-state index contributed by atoms with van der Waals surface area (Å²) in [6.45, 7) is 7.34. The number of nitrogens with one attached hydrogen (secondary N) is 2. The molecule has 7 heteroatoms. The number of nitrogens with zero attached hydrogens (tertiary/aromatic N) is 2. The molecule has 2 aromatic carbocycles. The summed E-state index contributed by atoms with van der Waals surface area (Å²) < 4.78 is 5.40. The highest BCUT2D eigenvalue weighted by molar-refractivity contribution is 5.97. The number of hydrogen-bond acceptors (Lipinski definition) is 4. The second-order valence-electron chi connectivity index (χ2n) is 8.81. The molecule has 180 valence electrons. The number of piperidine rings is 1. The van der Waals surface area contributed by atoms with Gasteiger partial charge in [0.25, 0.3) is 5.91 Å². The van der Waals surface area contributed by atoms with Crippen LogP contribution in [0, 0.1) is 0 Å². The van der Waals surface area contributed by atoms with Crippen LogP contribution in [0.25, 0.3) is 10.9 Å². The van der Waals surface area contributed by atoms with Gasteiger partial charge in [-0.05, 0) is 87.7 Å². The van der Waals surface area contributed by atoms with Crippen molar-refractivity contribution in [3.63, 3.8) is 0 Å². The number of hydrogen-bond donors (Lipinski definition) is 2. The molecule has 1 fully saturated rings. The first kappa shape index (κ1) is 23.8. The standard InChI is InChI=1S/C27H34N4O3/c1-4-31(5-2)27(33)20-7-6-8-21(15-20)29-26(32)18-30-13-11-19(12-14-30)24-17-28-25-10-9-22(34-3)16-23(24)25/h6-10,15-17,19,28H,4-5,11-14,18H2,1-3H3,(H,29,32). The van der Waals surface area contributed by atoms with E-state index in [0.29, 0.717) is 36.8 Å². The monoisotopic (exact) mass is 462 g/mol. The van der Waals surface area contributed by atoms with Crippen LogP contribution in [-0.2, 0) is 4.79 Å². The van der Waals surface area contributed by atoms with E-state index in [4.69, 9.17) is 4.74 Å². The van der Waals surface area contributed by atoms with Gasteiger partial charge in [-0.15, -0.1) is 0 Å². The smallest absolute Gasteiger partial charge is 0.253 e. The zero-order valence-corrected chi connectivity index (χ0v) is 20.3. The van der Waals surface area contributed by atoms with Gasteiger partial charge in [-0.3, -0.25) is 14.5 Å². The fraction of sp³-hybridized carbons (Fsp3) is 0.407. The third kappa shape index (κ3) is 5.25. The maximum absolute atomic E-state index is 12.7. The SMILES string of the molecule is CCN(CC)C(=O)c1cccc(NC(=O)CN2CCC(c3c[nH]c4ccc(OC)cc34)CC2)c1. The molecule has 2 heterocycles. The predicted molar refractivity (Wildman–Crippen MR) is 136 cm³/mol. The lowest BCUT2D eigenvalue weighted by atomic mass is 9.89. The molecule has 2 amide bonds. The van der Waals surface area contributed by atoms with Crippen LogP contribution in [0.4, 0.5) is 5.69 Å². The highest BCUT2D eigenvalue weighted by Crippen LogP contribution is 2.34. The molecule has 34 heavy (non-hydrogen) atoms. The molecule has 4 rings (SSSR count). The van der Waals surface area contributed by atoms with E-state index < -0.39 is 0 Å². The van der Waals surface area contributed by atoms with Crippen LogP contribution in [0.3, 0.4) is 0 Å². The number of methoxy groups -OCH3 is 1. The molecular formula is C27H34N4O3. The molecule has 0 radical (unpaired) electrons. The van der Waals surface area contributed by atoms with Crippen LogP contribution in [0.1, 0.15) is 48.5 Å². The normalized spacial score (nSPS) is 14.8. The maximum Gasteiger partial charge on any atom is 0.253 e. The summed E-state index contributed by atoms with van der Waals surface area (Å²) in [5.74, 6) is 1.26. The Morgan fingerprint density at radius 1 is 1.12 bits per heavy atom. The lowest BCUT2D eigenvalue weighted by Crippen LogP contribution is -2.38. The van der Waals surface area contributed by atoms with Crippen LogP contribution in [0.2, 0.25) is 0 Å². The van der Waals surface area contributed by atoms with E-state index in [0.717, 1.165) is 37.2 Å². The van der Waals surface area contributed by atoms with Crippen molar-refractivity contribution in [2.75, 3.05) is 45.2 Å². The highest BCUT2D eigenvalue weighted by atomic mass is 16.5. The lowest BCUT2D eigenvalue weighted by Gasteiger charge is -2.31. The van der Waals surface area contributed by atoms with Crippen molar-refractivity contribution in [2.24, 2.45) is 0 Å². The number of carbonyl (C=O) groups is 2. The number of likely N-dealkylation sites (tertiary alicyclic amines) is 1. The number of rotatable bonds is 8. The van der Waals surface area contributed by atoms with Gasteiger partial charge in [0.2, 0.25) is 5.91 Å². The number of carbonyl (C=O) groups excluding carboxylic acids is 2. The average Bonchev–Trinajstić information content (AvgIpc) is 3.28. The number of fused-ring (bicyclic) bond motifs is 1. The van der Waals surface area contributed by atoms with Gasteiger partial charge in [0.1, 0.15) is 5.75 Å². The van der Waals surface area contributed by atoms with Gasteiger partial charge in [0, 0.05) is 41.4 Å². The molecule has 7 nitrogen and oxygen atoms in total. The van der Waals surface area contributed by atoms with E-state index in [9.17, 15) is 9.59 Å². The molecule has 0 unspecified atom stereocenters. The van der Waals surface area contributed by atoms with Crippen molar-refractivity contribution in [2.45, 2.75) is 32.6 Å². The Hall–Kier alpha value is -3.32. The number of ether oxygens (including phenoxy) is 1. The van der Waals surface area contributed by atoms with Crippen LogP contribution >= 0.6 is 0 Å². The summed E-state index contributed by atoms with van der Waals surface area (Å²) >= 11 is 0. The summed E-state index contributed by atoms with van der Waals surface area (Å²) in [6, 6.07) is 13.3. The van der Waals surface area contributed by atoms with Gasteiger partial charge >= 0.3 is 0 Å². The molecular weight excluding hydrogens is 428 g/mol. The maximum atomic E-state index is 12.7. The number of amides is 2. The molecule has 1 saturated heterocycles. The Bertz CT molecular complexity index is 1140. The van der Waals surface area contributed by atoms with E-state index >= 15 is 0 Å². The average molecular weight is 463 g/mol. The first-order chi connectivity index (χ1) is 16.5. The molecule has 0 saturated carbocycles. The Morgan fingerprint density at radius 3 is 2.59 bits per heavy atom. The molecule has 0 spiro atoms. The zero-order chi connectivity index (χ0) is 24.1. The quantitative estimate of drug-likeness (QED) is 0.518. The first-order valence-electron chi connectivity index (χ1n) is 12.1. The Morgan fingerprint density at radius 2 is 1.88 bits per heavy atom. The summed E-state index contributed by atoms with van der Waals surface area (Å²) in [5.41, 5.74) is 3.70. The summed E-state index contributed by atoms with van der Waals surface area (Å²) in [7, 11) is 1.69. The third-order valence-electron chi connectivity index (χ3n) is 6.76. The van der Waals surface area contributed by atoms with Crippen molar-refractivity contribution >= 4 is 28.4 Å². The van der Waals surface area contributed by atoms with Crippen molar-refractivity contribution < 1.29 is 14.3 Å².